The Hall–Kier alpha value is -2.38. The number of rotatable bonds is 3. The van der Waals surface area contributed by atoms with Crippen LogP contribution in [-0.4, -0.2) is 12.0 Å². The third-order valence-corrected chi connectivity index (χ3v) is 3.00. The van der Waals surface area contributed by atoms with E-state index in [0.717, 1.165) is 17.1 Å². The molecule has 0 bridgehead atoms. The first kappa shape index (κ1) is 13.1. The fourth-order valence-electron chi connectivity index (χ4n) is 1.78. The molecule has 2 aromatic rings. The van der Waals surface area contributed by atoms with Crippen molar-refractivity contribution in [3.05, 3.63) is 53.7 Å². The minimum absolute atomic E-state index is 0.0197. The second-order valence-electron chi connectivity index (χ2n) is 4.46. The molecule has 0 aliphatic heterocycles. The Morgan fingerprint density at radius 2 is 2.11 bits per heavy atom. The van der Waals surface area contributed by atoms with Crippen LogP contribution >= 0.6 is 0 Å². The number of benzene rings is 1. The van der Waals surface area contributed by atoms with Gasteiger partial charge >= 0.3 is 0 Å². The summed E-state index contributed by atoms with van der Waals surface area (Å²) in [4.78, 5) is 6.33. The predicted octanol–water partition coefficient (Wildman–Crippen LogP) is 2.74. The fraction of sp³-hybridized carbons (Fsp3) is 0.200. The van der Waals surface area contributed by atoms with Gasteiger partial charge in [0.15, 0.2) is 0 Å². The van der Waals surface area contributed by atoms with E-state index in [-0.39, 0.29) is 6.04 Å². The molecule has 0 saturated heterocycles. The maximum absolute atomic E-state index is 8.91. The van der Waals surface area contributed by atoms with Crippen LogP contribution in [0.4, 0.5) is 11.5 Å². The summed E-state index contributed by atoms with van der Waals surface area (Å²) >= 11 is 0. The number of pyridine rings is 1. The maximum atomic E-state index is 8.91. The lowest BCUT2D eigenvalue weighted by molar-refractivity contribution is 0.811. The Balaban J connectivity index is 2.28. The third-order valence-electron chi connectivity index (χ3n) is 3.00. The highest BCUT2D eigenvalue weighted by Gasteiger charge is 2.07. The quantitative estimate of drug-likeness (QED) is 0.912. The van der Waals surface area contributed by atoms with Crippen LogP contribution in [0, 0.1) is 11.3 Å². The molecule has 0 aliphatic carbocycles. The van der Waals surface area contributed by atoms with Crippen molar-refractivity contribution in [2.75, 3.05) is 11.9 Å². The molecule has 0 amide bonds. The smallest absolute Gasteiger partial charge is 0.132 e. The van der Waals surface area contributed by atoms with Gasteiger partial charge in [-0.3, -0.25) is 0 Å². The number of nitriles is 1. The number of anilines is 2. The standard InChI is InChI=1S/C15H16N4/c1-11(17)13-6-7-15(18-10-13)19(2)14-5-3-4-12(8-14)9-16/h3-8,10-11H,17H2,1-2H3/t11-/m1/s1. The van der Waals surface area contributed by atoms with Crippen LogP contribution in [0.3, 0.4) is 0 Å². The molecule has 1 aromatic carbocycles. The van der Waals surface area contributed by atoms with Crippen LogP contribution in [0.5, 0.6) is 0 Å². The summed E-state index contributed by atoms with van der Waals surface area (Å²) < 4.78 is 0. The van der Waals surface area contributed by atoms with E-state index < -0.39 is 0 Å². The van der Waals surface area contributed by atoms with Gasteiger partial charge in [0.05, 0.1) is 11.6 Å². The summed E-state index contributed by atoms with van der Waals surface area (Å²) in [6.45, 7) is 1.93. The van der Waals surface area contributed by atoms with Crippen LogP contribution in [0.2, 0.25) is 0 Å². The molecule has 2 rings (SSSR count). The average molecular weight is 252 g/mol. The first-order chi connectivity index (χ1) is 9.11. The van der Waals surface area contributed by atoms with Crippen molar-refractivity contribution in [1.29, 1.82) is 5.26 Å². The van der Waals surface area contributed by atoms with E-state index in [0.29, 0.717) is 5.56 Å². The highest BCUT2D eigenvalue weighted by Crippen LogP contribution is 2.23. The van der Waals surface area contributed by atoms with E-state index >= 15 is 0 Å². The Kier molecular flexibility index (Phi) is 3.79. The van der Waals surface area contributed by atoms with E-state index in [4.69, 9.17) is 11.0 Å². The maximum Gasteiger partial charge on any atom is 0.132 e. The molecule has 1 heterocycles. The first-order valence-electron chi connectivity index (χ1n) is 6.07. The summed E-state index contributed by atoms with van der Waals surface area (Å²) in [5, 5.41) is 8.91. The second-order valence-corrected chi connectivity index (χ2v) is 4.46. The molecule has 1 aromatic heterocycles. The number of hydrogen-bond donors (Lipinski definition) is 1. The van der Waals surface area contributed by atoms with Crippen LogP contribution in [0.25, 0.3) is 0 Å². The van der Waals surface area contributed by atoms with E-state index in [1.165, 1.54) is 0 Å². The normalized spacial score (nSPS) is 11.7. The molecule has 0 fully saturated rings. The molecule has 4 nitrogen and oxygen atoms in total. The molecule has 2 N–H and O–H groups in total. The van der Waals surface area contributed by atoms with Crippen molar-refractivity contribution >= 4 is 11.5 Å². The summed E-state index contributed by atoms with van der Waals surface area (Å²) in [6.07, 6.45) is 1.78. The number of hydrogen-bond acceptors (Lipinski definition) is 4. The highest BCUT2D eigenvalue weighted by molar-refractivity contribution is 5.61. The Labute approximate surface area is 113 Å². The van der Waals surface area contributed by atoms with Gasteiger partial charge in [0.1, 0.15) is 5.82 Å². The molecule has 4 heteroatoms. The Morgan fingerprint density at radius 1 is 1.32 bits per heavy atom. The van der Waals surface area contributed by atoms with E-state index in [9.17, 15) is 0 Å². The van der Waals surface area contributed by atoms with Gasteiger partial charge in [-0.2, -0.15) is 5.26 Å². The molecular formula is C15H16N4. The molecule has 0 saturated carbocycles. The van der Waals surface area contributed by atoms with Crippen LogP contribution in [0.15, 0.2) is 42.6 Å². The number of aromatic nitrogens is 1. The van der Waals surface area contributed by atoms with Gasteiger partial charge < -0.3 is 10.6 Å². The van der Waals surface area contributed by atoms with Gasteiger partial charge in [-0.1, -0.05) is 12.1 Å². The van der Waals surface area contributed by atoms with Crippen LogP contribution < -0.4 is 10.6 Å². The Bertz CT molecular complexity index is 596. The SMILES string of the molecule is C[C@@H](N)c1ccc(N(C)c2cccc(C#N)c2)nc1. The van der Waals surface area contributed by atoms with Crippen molar-refractivity contribution in [1.82, 2.24) is 4.98 Å². The fourth-order valence-corrected chi connectivity index (χ4v) is 1.78. The predicted molar refractivity (Wildman–Crippen MR) is 76.1 cm³/mol. The summed E-state index contributed by atoms with van der Waals surface area (Å²) in [5.41, 5.74) is 8.37. The van der Waals surface area contributed by atoms with Crippen LogP contribution in [-0.2, 0) is 0 Å². The highest BCUT2D eigenvalue weighted by atomic mass is 15.2. The van der Waals surface area contributed by atoms with Crippen molar-refractivity contribution < 1.29 is 0 Å². The molecular weight excluding hydrogens is 236 g/mol. The molecule has 1 atom stereocenters. The monoisotopic (exact) mass is 252 g/mol. The van der Waals surface area contributed by atoms with Crippen molar-refractivity contribution in [2.24, 2.45) is 5.73 Å². The largest absolute Gasteiger partial charge is 0.329 e. The third kappa shape index (κ3) is 2.90. The molecule has 0 spiro atoms. The zero-order valence-electron chi connectivity index (χ0n) is 11.0. The minimum atomic E-state index is -0.0197. The zero-order chi connectivity index (χ0) is 13.8. The van der Waals surface area contributed by atoms with E-state index in [2.05, 4.69) is 11.1 Å². The van der Waals surface area contributed by atoms with E-state index in [1.807, 2.05) is 49.2 Å². The van der Waals surface area contributed by atoms with Gasteiger partial charge in [0.2, 0.25) is 0 Å². The van der Waals surface area contributed by atoms with Crippen molar-refractivity contribution in [3.63, 3.8) is 0 Å². The lowest BCUT2D eigenvalue weighted by atomic mass is 10.1. The molecule has 0 radical (unpaired) electrons. The van der Waals surface area contributed by atoms with Gasteiger partial charge in [0, 0.05) is 25.0 Å². The van der Waals surface area contributed by atoms with Crippen molar-refractivity contribution in [3.8, 4) is 6.07 Å². The van der Waals surface area contributed by atoms with Crippen LogP contribution in [0.1, 0.15) is 24.1 Å². The summed E-state index contributed by atoms with van der Waals surface area (Å²) in [7, 11) is 1.92. The van der Waals surface area contributed by atoms with Crippen molar-refractivity contribution in [2.45, 2.75) is 13.0 Å². The Morgan fingerprint density at radius 3 is 2.68 bits per heavy atom. The van der Waals surface area contributed by atoms with Gasteiger partial charge in [-0.05, 0) is 36.8 Å². The summed E-state index contributed by atoms with van der Waals surface area (Å²) in [5.74, 6) is 0.819. The summed E-state index contributed by atoms with van der Waals surface area (Å²) in [6, 6.07) is 13.4. The minimum Gasteiger partial charge on any atom is -0.329 e. The lowest BCUT2D eigenvalue weighted by Gasteiger charge is -2.19. The molecule has 19 heavy (non-hydrogen) atoms. The van der Waals surface area contributed by atoms with Gasteiger partial charge in [-0.15, -0.1) is 0 Å². The second kappa shape index (κ2) is 5.51. The molecule has 0 unspecified atom stereocenters. The molecule has 96 valence electrons. The zero-order valence-corrected chi connectivity index (χ0v) is 11.0. The average Bonchev–Trinajstić information content (AvgIpc) is 2.46. The molecule has 0 aliphatic rings. The van der Waals surface area contributed by atoms with Gasteiger partial charge in [-0.25, -0.2) is 4.98 Å². The van der Waals surface area contributed by atoms with Gasteiger partial charge in [0.25, 0.3) is 0 Å². The number of nitrogens with two attached hydrogens (primary N) is 1. The topological polar surface area (TPSA) is 65.9 Å². The first-order valence-corrected chi connectivity index (χ1v) is 6.07. The lowest BCUT2D eigenvalue weighted by Crippen LogP contribution is -2.12. The number of nitrogens with zero attached hydrogens (tertiary/aromatic N) is 3. The van der Waals surface area contributed by atoms with E-state index in [1.54, 1.807) is 12.3 Å².